The molecular weight excluding hydrogens is 739 g/mol. The molecule has 1 aromatic heterocycles. The van der Waals surface area contributed by atoms with Crippen LogP contribution >= 0.6 is 23.2 Å². The van der Waals surface area contributed by atoms with Gasteiger partial charge in [-0.1, -0.05) is 71.7 Å². The van der Waals surface area contributed by atoms with Gasteiger partial charge in [-0.2, -0.15) is 8.78 Å². The second kappa shape index (κ2) is 17.3. The first-order chi connectivity index (χ1) is 26.2. The molecule has 4 fully saturated rings. The number of aromatic nitrogens is 1. The molecule has 8 rings (SSSR count). The number of alkyl halides is 2. The number of rotatable bonds is 15. The Balaban J connectivity index is 1.05. The van der Waals surface area contributed by atoms with Crippen LogP contribution in [0.5, 0.6) is 11.5 Å². The van der Waals surface area contributed by atoms with Crippen molar-refractivity contribution in [1.29, 1.82) is 0 Å². The number of H-pyrrole nitrogens is 1. The van der Waals surface area contributed by atoms with E-state index in [2.05, 4.69) is 9.88 Å². The van der Waals surface area contributed by atoms with Crippen LogP contribution in [0.1, 0.15) is 54.0 Å². The molecule has 3 aromatic carbocycles. The molecule has 13 heteroatoms. The number of ether oxygens (including phenoxy) is 4. The highest BCUT2D eigenvalue weighted by molar-refractivity contribution is 6.35. The molecule has 9 nitrogen and oxygen atoms in total. The number of aromatic amines is 1. The van der Waals surface area contributed by atoms with Crippen LogP contribution in [0.2, 0.25) is 10.0 Å². The van der Waals surface area contributed by atoms with E-state index >= 15 is 0 Å². The maximum atomic E-state index is 13.6. The molecule has 4 aliphatic rings. The van der Waals surface area contributed by atoms with E-state index < -0.39 is 18.7 Å². The predicted octanol–water partition coefficient (Wildman–Crippen LogP) is 8.50. The van der Waals surface area contributed by atoms with Gasteiger partial charge < -0.3 is 18.9 Å². The predicted molar refractivity (Wildman–Crippen MR) is 199 cm³/mol. The average Bonchev–Trinajstić information content (AvgIpc) is 4.00. The van der Waals surface area contributed by atoms with Crippen LogP contribution in [-0.2, 0) is 33.7 Å². The zero-order valence-corrected chi connectivity index (χ0v) is 31.1. The minimum absolute atomic E-state index is 0.0531. The van der Waals surface area contributed by atoms with Crippen molar-refractivity contribution in [3.05, 3.63) is 117 Å². The zero-order chi connectivity index (χ0) is 37.6. The third kappa shape index (κ3) is 9.80. The van der Waals surface area contributed by atoms with Crippen molar-refractivity contribution in [3.63, 3.8) is 0 Å². The highest BCUT2D eigenvalue weighted by atomic mass is 35.5. The van der Waals surface area contributed by atoms with Crippen molar-refractivity contribution in [2.75, 3.05) is 31.1 Å². The molecule has 284 valence electrons. The molecule has 2 atom stereocenters. The molecule has 0 spiro atoms. The zero-order valence-electron chi connectivity index (χ0n) is 29.6. The monoisotopic (exact) mass is 780 g/mol. The molecule has 54 heavy (non-hydrogen) atoms. The van der Waals surface area contributed by atoms with Crippen LogP contribution in [0.3, 0.4) is 0 Å². The minimum atomic E-state index is -3.04. The summed E-state index contributed by atoms with van der Waals surface area (Å²) in [5.41, 5.74) is 3.33. The SMILES string of the molecule is O=C(Cc1ccc(CN(C(=O)O[C@H]2CN3CCC2CC3)c2ccccc2)cc1)O[C@@H](Cc1c(Cl)c[nH+]cc1Cl)c1ccc(OC(F)F)c(OCC2CC2)c1. The van der Waals surface area contributed by atoms with Gasteiger partial charge in [0.25, 0.3) is 0 Å². The fourth-order valence-electron chi connectivity index (χ4n) is 7.03. The second-order valence-electron chi connectivity index (χ2n) is 14.1. The van der Waals surface area contributed by atoms with Crippen LogP contribution in [-0.4, -0.2) is 55.9 Å². The summed E-state index contributed by atoms with van der Waals surface area (Å²) in [5, 5.41) is 0.693. The van der Waals surface area contributed by atoms with Crippen molar-refractivity contribution >= 4 is 41.0 Å². The molecule has 4 aromatic rings. The number of benzene rings is 3. The van der Waals surface area contributed by atoms with Crippen LogP contribution in [0.4, 0.5) is 19.3 Å². The summed E-state index contributed by atoms with van der Waals surface area (Å²) in [7, 11) is 0. The van der Waals surface area contributed by atoms with E-state index in [1.165, 1.54) is 6.07 Å². The van der Waals surface area contributed by atoms with Gasteiger partial charge in [0.2, 0.25) is 0 Å². The Hall–Kier alpha value is -4.45. The Morgan fingerprint density at radius 2 is 1.59 bits per heavy atom. The Labute approximate surface area is 323 Å². The molecule has 3 saturated heterocycles. The molecule has 1 saturated carbocycles. The molecule has 0 unspecified atom stereocenters. The van der Waals surface area contributed by atoms with E-state index in [9.17, 15) is 18.4 Å². The smallest absolute Gasteiger partial charge is 0.414 e. The lowest BCUT2D eigenvalue weighted by Gasteiger charge is -2.44. The fraction of sp³-hybridized carbons (Fsp3) is 0.390. The Morgan fingerprint density at radius 3 is 2.24 bits per heavy atom. The highest BCUT2D eigenvalue weighted by Gasteiger charge is 2.37. The summed E-state index contributed by atoms with van der Waals surface area (Å²) in [6, 6.07) is 21.4. The molecule has 1 aliphatic carbocycles. The number of nitrogens with one attached hydrogen (secondary N) is 1. The number of pyridine rings is 1. The van der Waals surface area contributed by atoms with Gasteiger partial charge in [-0.15, -0.1) is 0 Å². The lowest BCUT2D eigenvalue weighted by molar-refractivity contribution is -0.377. The number of hydrogen-bond acceptors (Lipinski definition) is 7. The standard InChI is InChI=1S/C41H41Cl2F2N3O6/c42-33-21-46-22-34(43)32(33)20-36(30-12-13-35(53-40(44)45)37(19-30)51-25-28-10-11-28)52-39(49)18-26-6-8-27(9-7-26)23-48(31-4-2-1-3-5-31)41(50)54-38-24-47-16-14-29(38)15-17-47/h1-9,12-13,19,21-22,28-29,36,38,40H,10-11,14-18,20,23-25H2/p+1/t36-,38-/m0/s1. The summed E-state index contributed by atoms with van der Waals surface area (Å²) in [5.74, 6) is 0.242. The van der Waals surface area contributed by atoms with Crippen molar-refractivity contribution < 1.29 is 42.3 Å². The first kappa shape index (κ1) is 37.8. The molecule has 1 N–H and O–H groups in total. The summed E-state index contributed by atoms with van der Waals surface area (Å²) < 4.78 is 49.2. The summed E-state index contributed by atoms with van der Waals surface area (Å²) in [6.07, 6.45) is 5.90. The van der Waals surface area contributed by atoms with E-state index in [1.807, 2.05) is 54.6 Å². The molecule has 4 heterocycles. The summed E-state index contributed by atoms with van der Waals surface area (Å²) >= 11 is 13.0. The van der Waals surface area contributed by atoms with Crippen molar-refractivity contribution in [3.8, 4) is 11.5 Å². The van der Waals surface area contributed by atoms with Crippen molar-refractivity contribution in [2.24, 2.45) is 11.8 Å². The Kier molecular flexibility index (Phi) is 12.2. The third-order valence-electron chi connectivity index (χ3n) is 10.2. The lowest BCUT2D eigenvalue weighted by Crippen LogP contribution is -2.53. The molecular formula is C41H42Cl2F2N3O6+. The van der Waals surface area contributed by atoms with E-state index in [0.29, 0.717) is 45.2 Å². The topological polar surface area (TPSA) is 91.7 Å². The molecule has 0 radical (unpaired) electrons. The molecule has 2 bridgehead atoms. The second-order valence-corrected chi connectivity index (χ2v) is 14.9. The number of amides is 1. The first-order valence-corrected chi connectivity index (χ1v) is 19.0. The fourth-order valence-corrected chi connectivity index (χ4v) is 7.56. The third-order valence-corrected chi connectivity index (χ3v) is 10.9. The van der Waals surface area contributed by atoms with Crippen molar-refractivity contribution in [2.45, 2.75) is 63.9 Å². The number of piperidine rings is 3. The van der Waals surface area contributed by atoms with Gasteiger partial charge in [0.15, 0.2) is 23.9 Å². The lowest BCUT2D eigenvalue weighted by atomic mass is 9.86. The van der Waals surface area contributed by atoms with E-state index in [1.54, 1.807) is 29.4 Å². The largest absolute Gasteiger partial charge is 0.489 e. The van der Waals surface area contributed by atoms with Gasteiger partial charge in [0.05, 0.1) is 19.6 Å². The number of halogens is 4. The van der Waals surface area contributed by atoms with E-state index in [-0.39, 0.29) is 43.1 Å². The number of nitrogens with zero attached hydrogens (tertiary/aromatic N) is 2. The van der Waals surface area contributed by atoms with Crippen LogP contribution in [0, 0.1) is 11.8 Å². The number of carbonyl (C=O) groups is 2. The quantitative estimate of drug-likeness (QED) is 0.112. The molecule has 3 aliphatic heterocycles. The number of hydrogen-bond donors (Lipinski definition) is 0. The summed E-state index contributed by atoms with van der Waals surface area (Å²) in [4.78, 5) is 34.0. The minimum Gasteiger partial charge on any atom is -0.489 e. The highest BCUT2D eigenvalue weighted by Crippen LogP contribution is 2.38. The number of para-hydroxylation sites is 1. The van der Waals surface area contributed by atoms with E-state index in [0.717, 1.165) is 56.6 Å². The van der Waals surface area contributed by atoms with Crippen LogP contribution in [0.25, 0.3) is 0 Å². The maximum absolute atomic E-state index is 13.6. The van der Waals surface area contributed by atoms with Gasteiger partial charge in [-0.25, -0.2) is 9.78 Å². The summed E-state index contributed by atoms with van der Waals surface area (Å²) in [6.45, 7) is 0.477. The van der Waals surface area contributed by atoms with Gasteiger partial charge in [0.1, 0.15) is 22.3 Å². The Bertz CT molecular complexity index is 1890. The van der Waals surface area contributed by atoms with Gasteiger partial charge in [0, 0.05) is 24.2 Å². The maximum Gasteiger partial charge on any atom is 0.414 e. The molecule has 1 amide bonds. The average molecular weight is 782 g/mol. The number of carbonyl (C=O) groups excluding carboxylic acids is 2. The number of fused-ring (bicyclic) bond motifs is 3. The number of esters is 1. The number of anilines is 1. The van der Waals surface area contributed by atoms with Crippen LogP contribution < -0.4 is 19.4 Å². The normalized spacial score (nSPS) is 19.6. The van der Waals surface area contributed by atoms with Gasteiger partial charge >= 0.3 is 18.7 Å². The van der Waals surface area contributed by atoms with Crippen LogP contribution in [0.15, 0.2) is 85.2 Å². The van der Waals surface area contributed by atoms with Crippen molar-refractivity contribution in [1.82, 2.24) is 4.90 Å². The first-order valence-electron chi connectivity index (χ1n) is 18.3. The van der Waals surface area contributed by atoms with E-state index in [4.69, 9.17) is 42.1 Å². The van der Waals surface area contributed by atoms with Gasteiger partial charge in [-0.05, 0) is 91.6 Å². The van der Waals surface area contributed by atoms with Gasteiger partial charge in [-0.3, -0.25) is 14.6 Å². The Morgan fingerprint density at radius 1 is 0.889 bits per heavy atom.